The van der Waals surface area contributed by atoms with Gasteiger partial charge in [0.25, 0.3) is 0 Å². The van der Waals surface area contributed by atoms with Crippen molar-refractivity contribution >= 4 is 16.9 Å². The lowest BCUT2D eigenvalue weighted by atomic mass is 9.89. The van der Waals surface area contributed by atoms with Gasteiger partial charge in [-0.15, -0.1) is 0 Å². The van der Waals surface area contributed by atoms with E-state index in [1.165, 1.54) is 6.07 Å². The van der Waals surface area contributed by atoms with Crippen LogP contribution in [0.25, 0.3) is 11.0 Å². The summed E-state index contributed by atoms with van der Waals surface area (Å²) in [4.78, 5) is 26.3. The summed E-state index contributed by atoms with van der Waals surface area (Å²) in [7, 11) is 0. The maximum Gasteiger partial charge on any atom is 0.341 e. The van der Waals surface area contributed by atoms with Crippen LogP contribution in [0.2, 0.25) is 0 Å². The van der Waals surface area contributed by atoms with Gasteiger partial charge in [-0.3, -0.25) is 4.79 Å². The Kier molecular flexibility index (Phi) is 7.39. The van der Waals surface area contributed by atoms with E-state index in [2.05, 4.69) is 0 Å². The molecule has 0 unspecified atom stereocenters. The molecule has 0 radical (unpaired) electrons. The van der Waals surface area contributed by atoms with Crippen molar-refractivity contribution in [1.29, 1.82) is 0 Å². The van der Waals surface area contributed by atoms with E-state index in [4.69, 9.17) is 30.1 Å². The molecule has 5 rings (SSSR count). The maximum absolute atomic E-state index is 13.7. The van der Waals surface area contributed by atoms with E-state index in [9.17, 15) is 19.8 Å². The van der Waals surface area contributed by atoms with Crippen LogP contribution in [0.15, 0.2) is 45.6 Å². The number of aryl methyl sites for hydroxylation is 1. The molecule has 3 heterocycles. The number of aliphatic hydroxyl groups excluding tert-OH is 1. The molecule has 3 atom stereocenters. The fourth-order valence-corrected chi connectivity index (χ4v) is 5.49. The summed E-state index contributed by atoms with van der Waals surface area (Å²) in [6.07, 6.45) is 0.274. The van der Waals surface area contributed by atoms with Crippen molar-refractivity contribution in [1.82, 2.24) is 0 Å². The second-order valence-electron chi connectivity index (χ2n) is 11.3. The van der Waals surface area contributed by atoms with Gasteiger partial charge in [0.15, 0.2) is 11.0 Å². The highest BCUT2D eigenvalue weighted by atomic mass is 16.7. The van der Waals surface area contributed by atoms with E-state index in [0.717, 1.165) is 11.1 Å². The summed E-state index contributed by atoms with van der Waals surface area (Å²) in [5.74, 6) is 0.0192. The Balaban J connectivity index is 1.39. The highest BCUT2D eigenvalue weighted by molar-refractivity contribution is 5.87. The number of phenols is 1. The van der Waals surface area contributed by atoms with Crippen LogP contribution in [-0.4, -0.2) is 46.2 Å². The van der Waals surface area contributed by atoms with E-state index in [-0.39, 0.29) is 35.2 Å². The van der Waals surface area contributed by atoms with Crippen molar-refractivity contribution in [3.8, 4) is 11.5 Å². The molecule has 0 amide bonds. The summed E-state index contributed by atoms with van der Waals surface area (Å²) in [5, 5.41) is 20.4. The van der Waals surface area contributed by atoms with Gasteiger partial charge in [0.2, 0.25) is 0 Å². The van der Waals surface area contributed by atoms with Crippen molar-refractivity contribution in [2.75, 3.05) is 6.61 Å². The van der Waals surface area contributed by atoms with Crippen molar-refractivity contribution in [2.24, 2.45) is 11.5 Å². The Bertz CT molecular complexity index is 1500. The molecule has 0 spiro atoms. The number of aromatic hydroxyl groups is 1. The third-order valence-corrected chi connectivity index (χ3v) is 7.84. The van der Waals surface area contributed by atoms with E-state index >= 15 is 0 Å². The van der Waals surface area contributed by atoms with Gasteiger partial charge in [0.1, 0.15) is 46.0 Å². The number of phenolic OH excluding ortho intramolecular Hbond substituents is 1. The lowest BCUT2D eigenvalue weighted by molar-refractivity contribution is -0.168. The number of unbranched alkanes of at least 4 members (excludes halogenated alkanes) is 1. The minimum absolute atomic E-state index is 0.00720. The molecule has 214 valence electrons. The second kappa shape index (κ2) is 10.5. The van der Waals surface area contributed by atoms with Gasteiger partial charge in [0.05, 0.1) is 6.17 Å². The number of hydrogen-bond donors (Lipinski definition) is 4. The van der Waals surface area contributed by atoms with Crippen LogP contribution in [0.3, 0.4) is 0 Å². The molecule has 1 saturated heterocycles. The maximum atomic E-state index is 13.7. The first-order valence-corrected chi connectivity index (χ1v) is 13.5. The normalized spacial score (nSPS) is 23.1. The predicted octanol–water partition coefficient (Wildman–Crippen LogP) is 2.89. The van der Waals surface area contributed by atoms with E-state index in [1.807, 2.05) is 24.3 Å². The minimum Gasteiger partial charge on any atom is -0.507 e. The monoisotopic (exact) mass is 552 g/mol. The van der Waals surface area contributed by atoms with E-state index < -0.39 is 35.5 Å². The first-order chi connectivity index (χ1) is 18.9. The summed E-state index contributed by atoms with van der Waals surface area (Å²) in [6.45, 7) is 5.26. The number of hydrogen-bond acceptors (Lipinski definition) is 10. The number of aliphatic hydroxyl groups is 1. The third-order valence-electron chi connectivity index (χ3n) is 7.84. The zero-order valence-electron chi connectivity index (χ0n) is 22.9. The standard InChI is InChI=1S/C30H36N2O8/c1-16-11-20(34)25-22(37-16)15-21-19(26(25)35)14-23(29(2,3)39-21)38-28(36)30(9-4-5-10-33)24(40-30)13-17-7-6-8-18(12-17)27(31)32/h6-8,11-12,15,23-24,27,33,35H,4-5,9-10,13-14,31-32H2,1-3H3/t23-,24-,30+/m1/s1. The topological polar surface area (TPSA) is 171 Å². The number of benzene rings is 2. The molecule has 0 saturated carbocycles. The molecule has 1 aromatic heterocycles. The molecule has 0 bridgehead atoms. The Hall–Kier alpha value is -3.44. The van der Waals surface area contributed by atoms with Gasteiger partial charge < -0.3 is 40.3 Å². The van der Waals surface area contributed by atoms with Gasteiger partial charge in [-0.05, 0) is 51.2 Å². The second-order valence-corrected chi connectivity index (χ2v) is 11.3. The molecule has 1 fully saturated rings. The molecule has 10 heteroatoms. The molecular weight excluding hydrogens is 516 g/mol. The first-order valence-electron chi connectivity index (χ1n) is 13.5. The average molecular weight is 553 g/mol. The lowest BCUT2D eigenvalue weighted by Crippen LogP contribution is -2.50. The zero-order valence-corrected chi connectivity index (χ0v) is 22.9. The molecule has 40 heavy (non-hydrogen) atoms. The molecule has 6 N–H and O–H groups in total. The van der Waals surface area contributed by atoms with Gasteiger partial charge in [-0.25, -0.2) is 4.79 Å². The average Bonchev–Trinajstić information content (AvgIpc) is 3.57. The Morgan fingerprint density at radius 1 is 1.20 bits per heavy atom. The van der Waals surface area contributed by atoms with Crippen molar-refractivity contribution in [3.05, 3.63) is 69.1 Å². The van der Waals surface area contributed by atoms with Gasteiger partial charge >= 0.3 is 5.97 Å². The fourth-order valence-electron chi connectivity index (χ4n) is 5.49. The third kappa shape index (κ3) is 5.19. The number of ether oxygens (including phenoxy) is 3. The van der Waals surface area contributed by atoms with Crippen molar-refractivity contribution < 1.29 is 33.6 Å². The molecule has 3 aromatic rings. The van der Waals surface area contributed by atoms with Gasteiger partial charge in [-0.1, -0.05) is 24.3 Å². The van der Waals surface area contributed by atoms with Crippen LogP contribution < -0.4 is 21.6 Å². The number of nitrogens with two attached hydrogens (primary N) is 2. The molecule has 0 aliphatic carbocycles. The molecular formula is C30H36N2O8. The summed E-state index contributed by atoms with van der Waals surface area (Å²) < 4.78 is 24.0. The highest BCUT2D eigenvalue weighted by Gasteiger charge is 2.63. The van der Waals surface area contributed by atoms with Crippen LogP contribution >= 0.6 is 0 Å². The predicted molar refractivity (Wildman–Crippen MR) is 147 cm³/mol. The van der Waals surface area contributed by atoms with Gasteiger partial charge in [-0.2, -0.15) is 0 Å². The van der Waals surface area contributed by atoms with Gasteiger partial charge in [0, 0.05) is 37.1 Å². The molecule has 10 nitrogen and oxygen atoms in total. The summed E-state index contributed by atoms with van der Waals surface area (Å²) >= 11 is 0. The summed E-state index contributed by atoms with van der Waals surface area (Å²) in [5.41, 5.74) is 11.5. The van der Waals surface area contributed by atoms with Crippen molar-refractivity contribution in [3.63, 3.8) is 0 Å². The number of fused-ring (bicyclic) bond motifs is 2. The Morgan fingerprint density at radius 2 is 1.98 bits per heavy atom. The SMILES string of the molecule is Cc1cc(=O)c2c(O)c3c(cc2o1)OC(C)(C)[C@H](OC(=O)[C@@]1(CCCCO)O[C@@H]1Cc1cccc(C(N)N)c1)C3. The smallest absolute Gasteiger partial charge is 0.341 e. The summed E-state index contributed by atoms with van der Waals surface area (Å²) in [6, 6.07) is 10.4. The largest absolute Gasteiger partial charge is 0.507 e. The highest BCUT2D eigenvalue weighted by Crippen LogP contribution is 2.47. The van der Waals surface area contributed by atoms with Crippen LogP contribution in [-0.2, 0) is 27.1 Å². The first kappa shape index (κ1) is 28.1. The minimum atomic E-state index is -1.17. The molecule has 2 aliphatic heterocycles. The number of rotatable bonds is 9. The van der Waals surface area contributed by atoms with E-state index in [0.29, 0.717) is 42.8 Å². The quantitative estimate of drug-likeness (QED) is 0.134. The van der Waals surface area contributed by atoms with Crippen molar-refractivity contribution in [2.45, 2.75) is 82.5 Å². The number of epoxide rings is 1. The van der Waals surface area contributed by atoms with Crippen LogP contribution in [0.5, 0.6) is 11.5 Å². The number of esters is 1. The molecule has 2 aliphatic rings. The zero-order chi connectivity index (χ0) is 28.8. The van der Waals surface area contributed by atoms with Crippen LogP contribution in [0.4, 0.5) is 0 Å². The van der Waals surface area contributed by atoms with Crippen LogP contribution in [0, 0.1) is 6.92 Å². The van der Waals surface area contributed by atoms with E-state index in [1.54, 1.807) is 26.8 Å². The number of carbonyl (C=O) groups excluding carboxylic acids is 1. The Morgan fingerprint density at radius 3 is 2.70 bits per heavy atom. The van der Waals surface area contributed by atoms with Crippen LogP contribution in [0.1, 0.15) is 61.7 Å². The fraction of sp³-hybridized carbons (Fsp3) is 0.467. The number of carbonyl (C=O) groups is 1. The molecule has 2 aromatic carbocycles. The lowest BCUT2D eigenvalue weighted by Gasteiger charge is -2.39. The Labute approximate surface area is 231 Å².